The summed E-state index contributed by atoms with van der Waals surface area (Å²) >= 11 is 0. The third kappa shape index (κ3) is 4.79. The van der Waals surface area contributed by atoms with E-state index < -0.39 is 10.0 Å². The van der Waals surface area contributed by atoms with Gasteiger partial charge in [0.2, 0.25) is 10.0 Å². The standard InChI is InChI=1S/C18H25N3O2S/c1-4-16(5-2)21-24(22,23)17-10-11-18(20-13-17)19-12-15-9-7-6-8-14(15)3/h6-11,13,16,21H,4-5,12H2,1-3H3,(H,19,20). The van der Waals surface area contributed by atoms with Gasteiger partial charge in [0.25, 0.3) is 0 Å². The van der Waals surface area contributed by atoms with Crippen LogP contribution in [0, 0.1) is 6.92 Å². The highest BCUT2D eigenvalue weighted by Crippen LogP contribution is 2.14. The Morgan fingerprint density at radius 3 is 2.38 bits per heavy atom. The second-order valence-electron chi connectivity index (χ2n) is 5.79. The molecule has 0 amide bonds. The molecule has 0 unspecified atom stereocenters. The van der Waals surface area contributed by atoms with Crippen LogP contribution in [0.5, 0.6) is 0 Å². The van der Waals surface area contributed by atoms with Gasteiger partial charge in [-0.15, -0.1) is 0 Å². The van der Waals surface area contributed by atoms with Crippen molar-refractivity contribution in [3.63, 3.8) is 0 Å². The summed E-state index contributed by atoms with van der Waals surface area (Å²) in [5.41, 5.74) is 2.39. The van der Waals surface area contributed by atoms with E-state index in [4.69, 9.17) is 0 Å². The largest absolute Gasteiger partial charge is 0.366 e. The maximum Gasteiger partial charge on any atom is 0.242 e. The quantitative estimate of drug-likeness (QED) is 0.767. The Hall–Kier alpha value is -1.92. The molecule has 0 aliphatic rings. The van der Waals surface area contributed by atoms with E-state index in [0.717, 1.165) is 12.8 Å². The van der Waals surface area contributed by atoms with Crippen LogP contribution in [-0.4, -0.2) is 19.4 Å². The summed E-state index contributed by atoms with van der Waals surface area (Å²) in [5, 5.41) is 3.22. The summed E-state index contributed by atoms with van der Waals surface area (Å²) in [5.74, 6) is 0.653. The van der Waals surface area contributed by atoms with Crippen molar-refractivity contribution >= 4 is 15.8 Å². The molecule has 0 saturated heterocycles. The summed E-state index contributed by atoms with van der Waals surface area (Å²) in [6, 6.07) is 11.3. The summed E-state index contributed by atoms with van der Waals surface area (Å²) in [6.45, 7) is 6.64. The van der Waals surface area contributed by atoms with Gasteiger partial charge in [-0.2, -0.15) is 0 Å². The molecule has 2 aromatic rings. The van der Waals surface area contributed by atoms with Crippen molar-refractivity contribution in [2.75, 3.05) is 5.32 Å². The van der Waals surface area contributed by atoms with Crippen LogP contribution in [0.25, 0.3) is 0 Å². The molecule has 0 bridgehead atoms. The number of rotatable bonds is 8. The molecule has 0 fully saturated rings. The lowest BCUT2D eigenvalue weighted by molar-refractivity contribution is 0.530. The highest BCUT2D eigenvalue weighted by molar-refractivity contribution is 7.89. The zero-order valence-electron chi connectivity index (χ0n) is 14.4. The Balaban J connectivity index is 2.03. The van der Waals surface area contributed by atoms with Crippen LogP contribution in [0.15, 0.2) is 47.5 Å². The van der Waals surface area contributed by atoms with Gasteiger partial charge in [0.15, 0.2) is 0 Å². The van der Waals surface area contributed by atoms with E-state index in [9.17, 15) is 8.42 Å². The van der Waals surface area contributed by atoms with Gasteiger partial charge in [-0.3, -0.25) is 0 Å². The fourth-order valence-electron chi connectivity index (χ4n) is 2.38. The molecule has 0 aliphatic heterocycles. The lowest BCUT2D eigenvalue weighted by Gasteiger charge is -2.15. The maximum absolute atomic E-state index is 12.3. The highest BCUT2D eigenvalue weighted by Gasteiger charge is 2.18. The number of nitrogens with zero attached hydrogens (tertiary/aromatic N) is 1. The van der Waals surface area contributed by atoms with Crippen molar-refractivity contribution in [3.8, 4) is 0 Å². The van der Waals surface area contributed by atoms with Gasteiger partial charge in [0, 0.05) is 18.8 Å². The molecule has 1 aromatic heterocycles. The molecule has 0 atom stereocenters. The van der Waals surface area contributed by atoms with Gasteiger partial charge in [-0.05, 0) is 43.0 Å². The van der Waals surface area contributed by atoms with Crippen LogP contribution in [0.2, 0.25) is 0 Å². The molecular formula is C18H25N3O2S. The minimum Gasteiger partial charge on any atom is -0.366 e. The lowest BCUT2D eigenvalue weighted by Crippen LogP contribution is -2.33. The fraction of sp³-hybridized carbons (Fsp3) is 0.389. The number of anilines is 1. The number of nitrogens with one attached hydrogen (secondary N) is 2. The maximum atomic E-state index is 12.3. The molecule has 5 nitrogen and oxygen atoms in total. The first-order chi connectivity index (χ1) is 11.5. The third-order valence-electron chi connectivity index (χ3n) is 4.08. The minimum atomic E-state index is -3.51. The molecule has 2 N–H and O–H groups in total. The van der Waals surface area contributed by atoms with E-state index in [0.29, 0.717) is 12.4 Å². The van der Waals surface area contributed by atoms with Gasteiger partial charge in [-0.25, -0.2) is 18.1 Å². The average Bonchev–Trinajstić information content (AvgIpc) is 2.59. The summed E-state index contributed by atoms with van der Waals surface area (Å²) < 4.78 is 27.4. The van der Waals surface area contributed by atoms with E-state index in [-0.39, 0.29) is 10.9 Å². The SMILES string of the molecule is CCC(CC)NS(=O)(=O)c1ccc(NCc2ccccc2C)nc1. The van der Waals surface area contributed by atoms with E-state index in [1.807, 2.05) is 26.0 Å². The van der Waals surface area contributed by atoms with Gasteiger partial charge in [0.1, 0.15) is 10.7 Å². The van der Waals surface area contributed by atoms with E-state index in [2.05, 4.69) is 34.1 Å². The first-order valence-corrected chi connectivity index (χ1v) is 9.71. The number of aromatic nitrogens is 1. The van der Waals surface area contributed by atoms with Crippen molar-refractivity contribution in [2.45, 2.75) is 51.1 Å². The van der Waals surface area contributed by atoms with Crippen molar-refractivity contribution < 1.29 is 8.42 Å². The van der Waals surface area contributed by atoms with Crippen molar-refractivity contribution in [1.29, 1.82) is 0 Å². The lowest BCUT2D eigenvalue weighted by atomic mass is 10.1. The second-order valence-corrected chi connectivity index (χ2v) is 7.51. The molecule has 0 saturated carbocycles. The van der Waals surface area contributed by atoms with Crippen molar-refractivity contribution in [1.82, 2.24) is 9.71 Å². The monoisotopic (exact) mass is 347 g/mol. The molecule has 1 aromatic carbocycles. The number of hydrogen-bond donors (Lipinski definition) is 2. The first-order valence-electron chi connectivity index (χ1n) is 8.23. The van der Waals surface area contributed by atoms with Crippen molar-refractivity contribution in [3.05, 3.63) is 53.7 Å². The molecule has 0 aliphatic carbocycles. The predicted octanol–water partition coefficient (Wildman–Crippen LogP) is 3.47. The molecule has 2 rings (SSSR count). The molecule has 0 radical (unpaired) electrons. The van der Waals surface area contributed by atoms with E-state index >= 15 is 0 Å². The molecular weight excluding hydrogens is 322 g/mol. The number of sulfonamides is 1. The van der Waals surface area contributed by atoms with Gasteiger partial charge in [-0.1, -0.05) is 38.1 Å². The Labute approximate surface area is 144 Å². The summed E-state index contributed by atoms with van der Waals surface area (Å²) in [4.78, 5) is 4.41. The number of aryl methyl sites for hydroxylation is 1. The average molecular weight is 347 g/mol. The molecule has 24 heavy (non-hydrogen) atoms. The zero-order chi connectivity index (χ0) is 17.6. The van der Waals surface area contributed by atoms with Crippen LogP contribution < -0.4 is 10.0 Å². The summed E-state index contributed by atoms with van der Waals surface area (Å²) in [7, 11) is -3.51. The minimum absolute atomic E-state index is 0.0474. The van der Waals surface area contributed by atoms with E-state index in [1.165, 1.54) is 17.3 Å². The second kappa shape index (κ2) is 8.26. The normalized spacial score (nSPS) is 11.7. The Bertz CT molecular complexity index is 754. The van der Waals surface area contributed by atoms with Gasteiger partial charge >= 0.3 is 0 Å². The van der Waals surface area contributed by atoms with Crippen LogP contribution in [-0.2, 0) is 16.6 Å². The van der Waals surface area contributed by atoms with E-state index in [1.54, 1.807) is 12.1 Å². The molecule has 6 heteroatoms. The smallest absolute Gasteiger partial charge is 0.242 e. The Morgan fingerprint density at radius 1 is 1.08 bits per heavy atom. The van der Waals surface area contributed by atoms with Crippen molar-refractivity contribution in [2.24, 2.45) is 0 Å². The topological polar surface area (TPSA) is 71.1 Å². The number of benzene rings is 1. The van der Waals surface area contributed by atoms with Gasteiger partial charge in [0.05, 0.1) is 0 Å². The summed E-state index contributed by atoms with van der Waals surface area (Å²) in [6.07, 6.45) is 2.92. The number of hydrogen-bond acceptors (Lipinski definition) is 4. The highest BCUT2D eigenvalue weighted by atomic mass is 32.2. The van der Waals surface area contributed by atoms with Crippen LogP contribution >= 0.6 is 0 Å². The molecule has 1 heterocycles. The molecule has 0 spiro atoms. The predicted molar refractivity (Wildman–Crippen MR) is 97.4 cm³/mol. The molecule has 130 valence electrons. The van der Waals surface area contributed by atoms with Gasteiger partial charge < -0.3 is 5.32 Å². The Morgan fingerprint density at radius 2 is 1.79 bits per heavy atom. The number of pyridine rings is 1. The van der Waals surface area contributed by atoms with Crippen LogP contribution in [0.4, 0.5) is 5.82 Å². The first kappa shape index (κ1) is 18.4. The van der Waals surface area contributed by atoms with Crippen LogP contribution in [0.3, 0.4) is 0 Å². The fourth-order valence-corrected chi connectivity index (χ4v) is 3.73. The Kier molecular flexibility index (Phi) is 6.34. The third-order valence-corrected chi connectivity index (χ3v) is 5.58. The zero-order valence-corrected chi connectivity index (χ0v) is 15.2. The van der Waals surface area contributed by atoms with Crippen LogP contribution in [0.1, 0.15) is 37.8 Å².